The second-order valence-electron chi connectivity index (χ2n) is 30.3. The van der Waals surface area contributed by atoms with Crippen LogP contribution in [0.4, 0.5) is 34.1 Å². The summed E-state index contributed by atoms with van der Waals surface area (Å²) < 4.78 is 0. The highest BCUT2D eigenvalue weighted by atomic mass is 15.2. The Balaban J connectivity index is 0.701. The summed E-state index contributed by atoms with van der Waals surface area (Å²) in [6.07, 6.45) is 8.46. The zero-order valence-electron chi connectivity index (χ0n) is 64.7. The number of anilines is 6. The van der Waals surface area contributed by atoms with Crippen molar-refractivity contribution < 1.29 is 0 Å². The van der Waals surface area contributed by atoms with E-state index in [0.717, 1.165) is 101 Å². The average molecular weight is 1470 g/mol. The van der Waals surface area contributed by atoms with Crippen LogP contribution in [-0.4, -0.2) is 0 Å². The van der Waals surface area contributed by atoms with Gasteiger partial charge in [0.05, 0.1) is 22.2 Å². The normalized spacial score (nSPS) is 13.6. The van der Waals surface area contributed by atoms with Crippen molar-refractivity contribution >= 4 is 34.1 Å². The summed E-state index contributed by atoms with van der Waals surface area (Å²) in [4.78, 5) is 4.92. The summed E-state index contributed by atoms with van der Waals surface area (Å²) in [7, 11) is 0. The minimum absolute atomic E-state index is 0.508. The molecule has 0 fully saturated rings. The largest absolute Gasteiger partial charge is 0.310 e. The fourth-order valence-electron chi connectivity index (χ4n) is 18.4. The van der Waals surface area contributed by atoms with E-state index in [-0.39, 0.29) is 0 Å². The Morgan fingerprint density at radius 2 is 0.557 bits per heavy atom. The fourth-order valence-corrected chi connectivity index (χ4v) is 18.4. The quantitative estimate of drug-likeness (QED) is 0.0745. The van der Waals surface area contributed by atoms with Crippen LogP contribution in [-0.2, 0) is 10.8 Å². The van der Waals surface area contributed by atoms with E-state index in [1.54, 1.807) is 0 Å². The molecule has 0 saturated carbocycles. The maximum Gasteiger partial charge on any atom is 0.0713 e. The molecule has 2 nitrogen and oxygen atoms in total. The first-order valence-corrected chi connectivity index (χ1v) is 39.9. The van der Waals surface area contributed by atoms with Crippen LogP contribution in [0.15, 0.2) is 455 Å². The van der Waals surface area contributed by atoms with E-state index in [2.05, 4.69) is 473 Å². The van der Waals surface area contributed by atoms with Crippen LogP contribution in [0.2, 0.25) is 0 Å². The van der Waals surface area contributed by atoms with Crippen molar-refractivity contribution in [3.05, 3.63) is 505 Å². The van der Waals surface area contributed by atoms with E-state index in [1.165, 1.54) is 89.0 Å². The summed E-state index contributed by atoms with van der Waals surface area (Å²) in [5.41, 5.74) is 38.6. The molecule has 1 unspecified atom stereocenters. The Morgan fingerprint density at radius 1 is 0.243 bits per heavy atom. The topological polar surface area (TPSA) is 6.48 Å². The molecule has 115 heavy (non-hydrogen) atoms. The van der Waals surface area contributed by atoms with E-state index in [4.69, 9.17) is 6.58 Å². The molecule has 0 aliphatic heterocycles. The second kappa shape index (κ2) is 30.3. The average Bonchev–Trinajstić information content (AvgIpc) is 1.55. The smallest absolute Gasteiger partial charge is 0.0713 e. The summed E-state index contributed by atoms with van der Waals surface area (Å²) in [6, 6.07) is 155. The molecule has 0 amide bonds. The molecule has 0 spiro atoms. The third kappa shape index (κ3) is 12.6. The van der Waals surface area contributed by atoms with Gasteiger partial charge in [0.1, 0.15) is 0 Å². The van der Waals surface area contributed by atoms with Gasteiger partial charge < -0.3 is 9.80 Å². The van der Waals surface area contributed by atoms with Crippen molar-refractivity contribution in [1.82, 2.24) is 0 Å². The maximum atomic E-state index is 4.88. The van der Waals surface area contributed by atoms with Gasteiger partial charge >= 0.3 is 0 Å². The highest BCUT2D eigenvalue weighted by Crippen LogP contribution is 2.59. The molecule has 17 aromatic rings. The zero-order valence-corrected chi connectivity index (χ0v) is 64.7. The first-order valence-electron chi connectivity index (χ1n) is 39.9. The molecule has 546 valence electrons. The monoisotopic (exact) mass is 1470 g/mol. The number of rotatable bonds is 19. The van der Waals surface area contributed by atoms with Crippen LogP contribution in [0.3, 0.4) is 0 Å². The van der Waals surface area contributed by atoms with Gasteiger partial charge in [0, 0.05) is 33.9 Å². The molecule has 0 radical (unpaired) electrons. The van der Waals surface area contributed by atoms with Crippen LogP contribution < -0.4 is 9.80 Å². The Morgan fingerprint density at radius 3 is 1.01 bits per heavy atom. The van der Waals surface area contributed by atoms with Crippen molar-refractivity contribution in [2.24, 2.45) is 0 Å². The van der Waals surface area contributed by atoms with Crippen molar-refractivity contribution in [3.8, 4) is 100 Å². The lowest BCUT2D eigenvalue weighted by atomic mass is 9.67. The van der Waals surface area contributed by atoms with Gasteiger partial charge in [0.15, 0.2) is 0 Å². The van der Waals surface area contributed by atoms with E-state index in [9.17, 15) is 0 Å². The van der Waals surface area contributed by atoms with Gasteiger partial charge in [0.25, 0.3) is 0 Å². The Kier molecular flexibility index (Phi) is 18.7. The first-order chi connectivity index (χ1) is 56.7. The number of aryl methyl sites for hydroxylation is 2. The van der Waals surface area contributed by atoms with Gasteiger partial charge in [-0.2, -0.15) is 0 Å². The number of allylic oxidation sites excluding steroid dienone is 5. The van der Waals surface area contributed by atoms with E-state index in [1.807, 2.05) is 0 Å². The van der Waals surface area contributed by atoms with Crippen molar-refractivity contribution in [2.45, 2.75) is 31.6 Å². The van der Waals surface area contributed by atoms with Crippen molar-refractivity contribution in [2.75, 3.05) is 9.80 Å². The Hall–Kier alpha value is -14.4. The number of fused-ring (bicyclic) bond motifs is 6. The molecule has 0 N–H and O–H groups in total. The SMILES string of the molecule is C=C(/C=C\C=C/C)C1(c2ccccc2)c2ccccc2-c2ccc(-c3ccc(N(c4ccc(-c5ccc(N(c6ccc(-c7ccc8c(c7)C(c7ccccc7)(c7ccccc7)c7ccccc7-8)cc6)c6ccccc6-c6ccc(-c7ccccc7)cc6)c(C)c5)cc4C)c4ccccc4-c4ccc(-c5ccccc5)cc4)cc3)cc21. The summed E-state index contributed by atoms with van der Waals surface area (Å²) in [5.74, 6) is 0. The molecule has 19 rings (SSSR count). The highest BCUT2D eigenvalue weighted by molar-refractivity contribution is 5.96. The Bertz CT molecular complexity index is 6480. The molecular weight excluding hydrogens is 1390 g/mol. The van der Waals surface area contributed by atoms with Gasteiger partial charge in [-0.15, -0.1) is 0 Å². The van der Waals surface area contributed by atoms with E-state index >= 15 is 0 Å². The predicted octanol–water partition coefficient (Wildman–Crippen LogP) is 30.3. The molecule has 0 bridgehead atoms. The molecule has 2 aliphatic rings. The minimum atomic E-state index is -0.606. The molecule has 0 saturated heterocycles. The zero-order chi connectivity index (χ0) is 77.4. The fraction of sp³-hybridized carbons (Fsp3) is 0.0442. The molecule has 0 heterocycles. The summed E-state index contributed by atoms with van der Waals surface area (Å²) in [5, 5.41) is 0. The first kappa shape index (κ1) is 70.9. The Labute approximate surface area is 676 Å². The standard InChI is InChI=1S/C113H84N2/c1-5-6-12-31-80(4)112(93-36-17-9-18-37-93)104-46-27-23-44-100(104)102-70-62-91(76-106(102)112)85-58-66-96(67-59-85)114(110-48-29-25-42-98(110)87-54-50-83(51-55-87)81-32-13-7-14-33-81)108-72-64-89(74-78(108)2)90-65-73-109(79(3)75-90)115(111-49-30-26-43-99(111)88-56-52-84(53-57-88)82-34-15-8-16-35-82)97-68-60-86(61-69-97)92-63-71-103-101-45-24-28-47-105(101)113(107(103)77-92,94-38-19-10-20-39-94)95-40-21-11-22-41-95/h5-77H,4H2,1-3H3/b6-5-,31-12-. The molecule has 17 aromatic carbocycles. The third-order valence-electron chi connectivity index (χ3n) is 23.8. The van der Waals surface area contributed by atoms with Gasteiger partial charge in [-0.3, -0.25) is 0 Å². The predicted molar refractivity (Wildman–Crippen MR) is 485 cm³/mol. The lowest BCUT2D eigenvalue weighted by Gasteiger charge is -2.34. The van der Waals surface area contributed by atoms with Gasteiger partial charge in [0.2, 0.25) is 0 Å². The van der Waals surface area contributed by atoms with Gasteiger partial charge in [-0.05, 0) is 238 Å². The van der Waals surface area contributed by atoms with Gasteiger partial charge in [-0.1, -0.05) is 377 Å². The maximum absolute atomic E-state index is 4.88. The number of nitrogens with zero attached hydrogens (tertiary/aromatic N) is 2. The highest BCUT2D eigenvalue weighted by Gasteiger charge is 2.48. The lowest BCUT2D eigenvalue weighted by molar-refractivity contribution is 0.769. The van der Waals surface area contributed by atoms with Crippen LogP contribution in [0.25, 0.3) is 100 Å². The number of hydrogen-bond donors (Lipinski definition) is 0. The number of para-hydroxylation sites is 2. The lowest BCUT2D eigenvalue weighted by Crippen LogP contribution is -2.28. The van der Waals surface area contributed by atoms with Crippen LogP contribution in [0.1, 0.15) is 57.0 Å². The number of hydrogen-bond acceptors (Lipinski definition) is 2. The molecule has 2 aliphatic carbocycles. The minimum Gasteiger partial charge on any atom is -0.310 e. The second-order valence-corrected chi connectivity index (χ2v) is 30.3. The molecular formula is C113H84N2. The third-order valence-corrected chi connectivity index (χ3v) is 23.8. The number of benzene rings is 17. The van der Waals surface area contributed by atoms with E-state index < -0.39 is 10.8 Å². The molecule has 1 atom stereocenters. The summed E-state index contributed by atoms with van der Waals surface area (Å²) in [6.45, 7) is 11.5. The van der Waals surface area contributed by atoms with Crippen molar-refractivity contribution in [3.63, 3.8) is 0 Å². The van der Waals surface area contributed by atoms with Crippen LogP contribution in [0.5, 0.6) is 0 Å². The van der Waals surface area contributed by atoms with Gasteiger partial charge in [-0.25, -0.2) is 0 Å². The van der Waals surface area contributed by atoms with Crippen LogP contribution in [0, 0.1) is 13.8 Å². The van der Waals surface area contributed by atoms with E-state index in [0.29, 0.717) is 0 Å². The molecule has 0 aromatic heterocycles. The van der Waals surface area contributed by atoms with Crippen LogP contribution >= 0.6 is 0 Å². The van der Waals surface area contributed by atoms with Crippen molar-refractivity contribution in [1.29, 1.82) is 0 Å². The summed E-state index contributed by atoms with van der Waals surface area (Å²) >= 11 is 0. The molecule has 2 heteroatoms.